The van der Waals surface area contributed by atoms with E-state index in [4.69, 9.17) is 14.5 Å². The molecule has 0 bridgehead atoms. The van der Waals surface area contributed by atoms with E-state index in [2.05, 4.69) is 10.3 Å². The Morgan fingerprint density at radius 3 is 2.69 bits per heavy atom. The molecule has 4 rings (SSSR count). The summed E-state index contributed by atoms with van der Waals surface area (Å²) in [6.07, 6.45) is 4.46. The van der Waals surface area contributed by atoms with E-state index in [1.54, 1.807) is 35.4 Å². The first-order valence-corrected chi connectivity index (χ1v) is 13.1. The number of pyridine rings is 2. The number of methoxy groups -OCH3 is 1. The Hall–Kier alpha value is -4.34. The van der Waals surface area contributed by atoms with E-state index in [0.717, 1.165) is 35.7 Å². The van der Waals surface area contributed by atoms with Crippen LogP contribution in [0, 0.1) is 0 Å². The van der Waals surface area contributed by atoms with Crippen molar-refractivity contribution in [1.82, 2.24) is 19.8 Å². The molecule has 3 aromatic rings. The molecule has 3 heterocycles. The molecule has 2 amide bonds. The van der Waals surface area contributed by atoms with E-state index >= 15 is 0 Å². The first kappa shape index (κ1) is 27.7. The van der Waals surface area contributed by atoms with Gasteiger partial charge < -0.3 is 29.7 Å². The molecule has 0 saturated carbocycles. The van der Waals surface area contributed by atoms with Crippen molar-refractivity contribution < 1.29 is 24.2 Å². The molecule has 10 heteroatoms. The van der Waals surface area contributed by atoms with Gasteiger partial charge in [0.15, 0.2) is 0 Å². The van der Waals surface area contributed by atoms with Gasteiger partial charge in [0.05, 0.1) is 32.4 Å². The first-order valence-electron chi connectivity index (χ1n) is 13.1. The van der Waals surface area contributed by atoms with Crippen molar-refractivity contribution in [3.05, 3.63) is 77.7 Å². The number of aryl methyl sites for hydroxylation is 1. The normalized spacial score (nSPS) is 13.8. The summed E-state index contributed by atoms with van der Waals surface area (Å²) in [5.41, 5.74) is 2.73. The summed E-state index contributed by atoms with van der Waals surface area (Å²) >= 11 is 0. The maximum atomic E-state index is 13.2. The molecule has 206 valence electrons. The SMILES string of the molecule is CCOc1cncc([C@H](CC(=O)O)N2CCN(CCCc3cccc(NCc4ccc(OC)cc4)n3)C2=O)c1. The monoisotopic (exact) mass is 533 g/mol. The zero-order valence-electron chi connectivity index (χ0n) is 22.4. The van der Waals surface area contributed by atoms with E-state index < -0.39 is 12.0 Å². The van der Waals surface area contributed by atoms with E-state index in [1.807, 2.05) is 49.4 Å². The third kappa shape index (κ3) is 7.59. The Kier molecular flexibility index (Phi) is 9.55. The van der Waals surface area contributed by atoms with Crippen LogP contribution in [0.25, 0.3) is 0 Å². The summed E-state index contributed by atoms with van der Waals surface area (Å²) in [5.74, 6) is 1.21. The molecule has 1 aromatic carbocycles. The summed E-state index contributed by atoms with van der Waals surface area (Å²) in [5, 5.41) is 12.9. The number of rotatable bonds is 14. The van der Waals surface area contributed by atoms with E-state index in [9.17, 15) is 14.7 Å². The maximum absolute atomic E-state index is 13.2. The minimum atomic E-state index is -0.973. The fourth-order valence-corrected chi connectivity index (χ4v) is 4.64. The van der Waals surface area contributed by atoms with E-state index in [-0.39, 0.29) is 12.5 Å². The summed E-state index contributed by atoms with van der Waals surface area (Å²) < 4.78 is 10.7. The lowest BCUT2D eigenvalue weighted by Gasteiger charge is -2.27. The van der Waals surface area contributed by atoms with Gasteiger partial charge in [-0.25, -0.2) is 9.78 Å². The lowest BCUT2D eigenvalue weighted by atomic mass is 10.0. The Balaban J connectivity index is 1.31. The Morgan fingerprint density at radius 2 is 1.95 bits per heavy atom. The van der Waals surface area contributed by atoms with Gasteiger partial charge in [0.2, 0.25) is 0 Å². The van der Waals surface area contributed by atoms with Crippen molar-refractivity contribution in [3.63, 3.8) is 0 Å². The second-order valence-corrected chi connectivity index (χ2v) is 9.28. The van der Waals surface area contributed by atoms with Gasteiger partial charge in [-0.1, -0.05) is 18.2 Å². The number of benzene rings is 1. The number of nitrogens with zero attached hydrogens (tertiary/aromatic N) is 4. The molecule has 2 aromatic heterocycles. The van der Waals surface area contributed by atoms with Crippen LogP contribution in [0.5, 0.6) is 11.5 Å². The quantitative estimate of drug-likeness (QED) is 0.314. The fraction of sp³-hybridized carbons (Fsp3) is 0.379. The molecule has 1 fully saturated rings. The molecule has 0 aliphatic carbocycles. The lowest BCUT2D eigenvalue weighted by molar-refractivity contribution is -0.138. The highest BCUT2D eigenvalue weighted by molar-refractivity contribution is 5.78. The van der Waals surface area contributed by atoms with Crippen molar-refractivity contribution in [2.75, 3.05) is 38.7 Å². The molecule has 10 nitrogen and oxygen atoms in total. The Morgan fingerprint density at radius 1 is 1.13 bits per heavy atom. The highest BCUT2D eigenvalue weighted by Gasteiger charge is 2.35. The van der Waals surface area contributed by atoms with Gasteiger partial charge in [0, 0.05) is 38.1 Å². The van der Waals surface area contributed by atoms with Gasteiger partial charge in [-0.3, -0.25) is 9.78 Å². The molecular formula is C29H35N5O5. The number of urea groups is 1. The van der Waals surface area contributed by atoms with Gasteiger partial charge in [0.1, 0.15) is 17.3 Å². The molecule has 0 spiro atoms. The number of nitrogens with one attached hydrogen (secondary N) is 1. The van der Waals surface area contributed by atoms with Gasteiger partial charge in [-0.2, -0.15) is 0 Å². The summed E-state index contributed by atoms with van der Waals surface area (Å²) in [4.78, 5) is 37.2. The number of amides is 2. The van der Waals surface area contributed by atoms with E-state index in [0.29, 0.717) is 44.1 Å². The summed E-state index contributed by atoms with van der Waals surface area (Å²) in [7, 11) is 1.65. The zero-order chi connectivity index (χ0) is 27.6. The van der Waals surface area contributed by atoms with Crippen LogP contribution < -0.4 is 14.8 Å². The second kappa shape index (κ2) is 13.5. The number of hydrogen-bond acceptors (Lipinski definition) is 7. The Labute approximate surface area is 228 Å². The number of aliphatic carboxylic acids is 1. The van der Waals surface area contributed by atoms with Crippen LogP contribution in [-0.2, 0) is 17.8 Å². The van der Waals surface area contributed by atoms with Gasteiger partial charge >= 0.3 is 12.0 Å². The molecule has 1 saturated heterocycles. The van der Waals surface area contributed by atoms with Crippen LogP contribution >= 0.6 is 0 Å². The molecule has 1 aliphatic rings. The average molecular weight is 534 g/mol. The van der Waals surface area contributed by atoms with Gasteiger partial charge in [-0.05, 0) is 61.2 Å². The molecule has 1 atom stereocenters. The van der Waals surface area contributed by atoms with Crippen LogP contribution in [-0.4, -0.2) is 70.2 Å². The van der Waals surface area contributed by atoms with Crippen LogP contribution in [0.4, 0.5) is 10.6 Å². The topological polar surface area (TPSA) is 117 Å². The third-order valence-electron chi connectivity index (χ3n) is 6.60. The van der Waals surface area contributed by atoms with Crippen molar-refractivity contribution in [2.24, 2.45) is 0 Å². The zero-order valence-corrected chi connectivity index (χ0v) is 22.4. The van der Waals surface area contributed by atoms with Gasteiger partial charge in [0.25, 0.3) is 0 Å². The Bertz CT molecular complexity index is 1250. The molecule has 0 radical (unpaired) electrons. The molecule has 39 heavy (non-hydrogen) atoms. The van der Waals surface area contributed by atoms with Crippen molar-refractivity contribution in [2.45, 2.75) is 38.8 Å². The smallest absolute Gasteiger partial charge is 0.320 e. The number of carboxylic acid groups (broad SMARTS) is 1. The highest BCUT2D eigenvalue weighted by Crippen LogP contribution is 2.30. The first-order chi connectivity index (χ1) is 19.0. The van der Waals surface area contributed by atoms with E-state index in [1.165, 1.54) is 0 Å². The number of aromatic nitrogens is 2. The standard InChI is InChI=1S/C29H35N5O5/c1-3-39-25-16-22(19-30-20-25)26(17-28(35)36)34-15-14-33(29(34)37)13-5-7-23-6-4-8-27(32-23)31-18-21-9-11-24(38-2)12-10-21/h4,6,8-12,16,19-20,26H,3,5,7,13-15,17-18H2,1-2H3,(H,31,32)(H,35,36)/t26-/m0/s1. The number of anilines is 1. The largest absolute Gasteiger partial charge is 0.497 e. The van der Waals surface area contributed by atoms with Crippen LogP contribution in [0.2, 0.25) is 0 Å². The second-order valence-electron chi connectivity index (χ2n) is 9.28. The minimum absolute atomic E-state index is 0.161. The minimum Gasteiger partial charge on any atom is -0.497 e. The number of hydrogen-bond donors (Lipinski definition) is 2. The fourth-order valence-electron chi connectivity index (χ4n) is 4.64. The summed E-state index contributed by atoms with van der Waals surface area (Å²) in [6, 6.07) is 14.8. The van der Waals surface area contributed by atoms with Crippen LogP contribution in [0.3, 0.4) is 0 Å². The number of carboxylic acids is 1. The van der Waals surface area contributed by atoms with Crippen molar-refractivity contribution >= 4 is 17.8 Å². The van der Waals surface area contributed by atoms with Crippen LogP contribution in [0.15, 0.2) is 60.9 Å². The third-order valence-corrected chi connectivity index (χ3v) is 6.60. The van der Waals surface area contributed by atoms with Crippen molar-refractivity contribution in [1.29, 1.82) is 0 Å². The molecule has 2 N–H and O–H groups in total. The maximum Gasteiger partial charge on any atom is 0.320 e. The predicted octanol–water partition coefficient (Wildman–Crippen LogP) is 4.38. The molecule has 0 unspecified atom stereocenters. The number of carbonyl (C=O) groups excluding carboxylic acids is 1. The van der Waals surface area contributed by atoms with Crippen molar-refractivity contribution in [3.8, 4) is 11.5 Å². The predicted molar refractivity (Wildman–Crippen MR) is 147 cm³/mol. The molecule has 1 aliphatic heterocycles. The van der Waals surface area contributed by atoms with Gasteiger partial charge in [-0.15, -0.1) is 0 Å². The number of carbonyl (C=O) groups is 2. The average Bonchev–Trinajstić information content (AvgIpc) is 3.31. The lowest BCUT2D eigenvalue weighted by Crippen LogP contribution is -2.36. The highest BCUT2D eigenvalue weighted by atomic mass is 16.5. The molecular weight excluding hydrogens is 498 g/mol. The van der Waals surface area contributed by atoms with Crippen LogP contribution in [0.1, 0.15) is 42.6 Å². The number of ether oxygens (including phenoxy) is 2. The summed E-state index contributed by atoms with van der Waals surface area (Å²) in [6.45, 7) is 4.56.